The van der Waals surface area contributed by atoms with Gasteiger partial charge < -0.3 is 4.90 Å². The van der Waals surface area contributed by atoms with Crippen molar-refractivity contribution < 1.29 is 13.6 Å². The Balaban J connectivity index is 2.13. The third-order valence-electron chi connectivity index (χ3n) is 2.70. The molecule has 0 saturated heterocycles. The Labute approximate surface area is 109 Å². The fourth-order valence-corrected chi connectivity index (χ4v) is 1.69. The van der Waals surface area contributed by atoms with Crippen LogP contribution >= 0.6 is 0 Å². The summed E-state index contributed by atoms with van der Waals surface area (Å²) in [5.41, 5.74) is 0.742. The quantitative estimate of drug-likeness (QED) is 0.852. The molecule has 2 rings (SSSR count). The van der Waals surface area contributed by atoms with Crippen LogP contribution in [0.3, 0.4) is 0 Å². The SMILES string of the molecule is CN(Cc1ccc(F)cc1F)C(=O)c1ccncc1. The third-order valence-corrected chi connectivity index (χ3v) is 2.70. The monoisotopic (exact) mass is 262 g/mol. The van der Waals surface area contributed by atoms with Gasteiger partial charge in [-0.05, 0) is 18.2 Å². The minimum absolute atomic E-state index is 0.0767. The van der Waals surface area contributed by atoms with Gasteiger partial charge in [0, 0.05) is 43.2 Å². The van der Waals surface area contributed by atoms with Crippen molar-refractivity contribution in [3.63, 3.8) is 0 Å². The summed E-state index contributed by atoms with van der Waals surface area (Å²) >= 11 is 0. The maximum atomic E-state index is 13.5. The Hall–Kier alpha value is -2.30. The normalized spacial score (nSPS) is 10.3. The van der Waals surface area contributed by atoms with Gasteiger partial charge >= 0.3 is 0 Å². The second kappa shape index (κ2) is 5.56. The number of carbonyl (C=O) groups is 1. The van der Waals surface area contributed by atoms with Crippen molar-refractivity contribution in [2.75, 3.05) is 7.05 Å². The Morgan fingerprint density at radius 3 is 2.53 bits per heavy atom. The molecule has 0 unspecified atom stereocenters. The summed E-state index contributed by atoms with van der Waals surface area (Å²) in [4.78, 5) is 17.2. The van der Waals surface area contributed by atoms with Crippen LogP contribution in [0.25, 0.3) is 0 Å². The molecule has 0 atom stereocenters. The number of hydrogen-bond donors (Lipinski definition) is 0. The van der Waals surface area contributed by atoms with Crippen LogP contribution in [-0.2, 0) is 6.54 Å². The zero-order chi connectivity index (χ0) is 13.8. The highest BCUT2D eigenvalue weighted by atomic mass is 19.1. The van der Waals surface area contributed by atoms with Crippen LogP contribution in [0.1, 0.15) is 15.9 Å². The lowest BCUT2D eigenvalue weighted by Gasteiger charge is -2.17. The zero-order valence-corrected chi connectivity index (χ0v) is 10.3. The molecule has 1 aromatic heterocycles. The Morgan fingerprint density at radius 1 is 1.21 bits per heavy atom. The molecular weight excluding hydrogens is 250 g/mol. The van der Waals surface area contributed by atoms with Crippen LogP contribution in [0.2, 0.25) is 0 Å². The predicted molar refractivity (Wildman–Crippen MR) is 66.4 cm³/mol. The molecule has 5 heteroatoms. The van der Waals surface area contributed by atoms with E-state index in [2.05, 4.69) is 4.98 Å². The first-order chi connectivity index (χ1) is 9.08. The zero-order valence-electron chi connectivity index (χ0n) is 10.3. The van der Waals surface area contributed by atoms with E-state index in [9.17, 15) is 13.6 Å². The lowest BCUT2D eigenvalue weighted by Crippen LogP contribution is -2.26. The van der Waals surface area contributed by atoms with Gasteiger partial charge in [-0.1, -0.05) is 6.07 Å². The number of rotatable bonds is 3. The fraction of sp³-hybridized carbons (Fsp3) is 0.143. The van der Waals surface area contributed by atoms with E-state index in [1.165, 1.54) is 29.4 Å². The number of hydrogen-bond acceptors (Lipinski definition) is 2. The van der Waals surface area contributed by atoms with Crippen LogP contribution in [0.15, 0.2) is 42.7 Å². The molecule has 2 aromatic rings. The molecule has 1 heterocycles. The van der Waals surface area contributed by atoms with E-state index in [4.69, 9.17) is 0 Å². The van der Waals surface area contributed by atoms with E-state index in [1.807, 2.05) is 0 Å². The maximum Gasteiger partial charge on any atom is 0.254 e. The van der Waals surface area contributed by atoms with Gasteiger partial charge in [-0.25, -0.2) is 8.78 Å². The van der Waals surface area contributed by atoms with Gasteiger partial charge in [0.25, 0.3) is 5.91 Å². The van der Waals surface area contributed by atoms with Crippen LogP contribution in [0, 0.1) is 11.6 Å². The van der Waals surface area contributed by atoms with Gasteiger partial charge in [0.1, 0.15) is 11.6 Å². The van der Waals surface area contributed by atoms with Crippen molar-refractivity contribution in [1.82, 2.24) is 9.88 Å². The number of amides is 1. The summed E-state index contributed by atoms with van der Waals surface area (Å²) in [6.45, 7) is 0.0767. The minimum Gasteiger partial charge on any atom is -0.337 e. The second-order valence-electron chi connectivity index (χ2n) is 4.13. The highest BCUT2D eigenvalue weighted by Gasteiger charge is 2.13. The molecule has 3 nitrogen and oxygen atoms in total. The van der Waals surface area contributed by atoms with E-state index in [0.717, 1.165) is 6.07 Å². The smallest absolute Gasteiger partial charge is 0.254 e. The number of halogens is 2. The van der Waals surface area contributed by atoms with Crippen LogP contribution in [0.4, 0.5) is 8.78 Å². The summed E-state index contributed by atoms with van der Waals surface area (Å²) in [7, 11) is 1.56. The fourth-order valence-electron chi connectivity index (χ4n) is 1.69. The highest BCUT2D eigenvalue weighted by Crippen LogP contribution is 2.13. The molecule has 0 saturated carbocycles. The highest BCUT2D eigenvalue weighted by molar-refractivity contribution is 5.93. The minimum atomic E-state index is -0.658. The summed E-state index contributed by atoms with van der Waals surface area (Å²) in [5.74, 6) is -1.54. The van der Waals surface area contributed by atoms with E-state index >= 15 is 0 Å². The Kier molecular flexibility index (Phi) is 3.85. The molecule has 0 aliphatic carbocycles. The van der Waals surface area contributed by atoms with Gasteiger partial charge in [-0.15, -0.1) is 0 Å². The van der Waals surface area contributed by atoms with E-state index in [-0.39, 0.29) is 18.0 Å². The maximum absolute atomic E-state index is 13.5. The van der Waals surface area contributed by atoms with E-state index in [0.29, 0.717) is 5.56 Å². The lowest BCUT2D eigenvalue weighted by atomic mass is 10.1. The number of pyridine rings is 1. The molecule has 1 aromatic carbocycles. The molecule has 0 aliphatic rings. The number of aromatic nitrogens is 1. The van der Waals surface area contributed by atoms with Gasteiger partial charge in [0.15, 0.2) is 0 Å². The Bertz CT molecular complexity index is 587. The van der Waals surface area contributed by atoms with E-state index < -0.39 is 11.6 Å². The first-order valence-corrected chi connectivity index (χ1v) is 5.67. The van der Waals surface area contributed by atoms with Crippen molar-refractivity contribution in [2.45, 2.75) is 6.54 Å². The molecular formula is C14H12F2N2O. The van der Waals surface area contributed by atoms with E-state index in [1.54, 1.807) is 19.2 Å². The first kappa shape index (κ1) is 13.1. The van der Waals surface area contributed by atoms with Crippen molar-refractivity contribution in [3.8, 4) is 0 Å². The molecule has 19 heavy (non-hydrogen) atoms. The van der Waals surface area contributed by atoms with Crippen LogP contribution < -0.4 is 0 Å². The average Bonchev–Trinajstić information content (AvgIpc) is 2.42. The largest absolute Gasteiger partial charge is 0.337 e. The molecule has 0 bridgehead atoms. The van der Waals surface area contributed by atoms with Crippen molar-refractivity contribution in [3.05, 3.63) is 65.5 Å². The predicted octanol–water partition coefficient (Wildman–Crippen LogP) is 2.63. The molecule has 1 amide bonds. The number of carbonyl (C=O) groups excluding carboxylic acids is 1. The molecule has 0 spiro atoms. The van der Waals surface area contributed by atoms with Crippen molar-refractivity contribution in [1.29, 1.82) is 0 Å². The lowest BCUT2D eigenvalue weighted by molar-refractivity contribution is 0.0783. The first-order valence-electron chi connectivity index (χ1n) is 5.67. The summed E-state index contributed by atoms with van der Waals surface area (Å²) in [5, 5.41) is 0. The molecule has 0 N–H and O–H groups in total. The van der Waals surface area contributed by atoms with Gasteiger partial charge in [0.2, 0.25) is 0 Å². The van der Waals surface area contributed by atoms with Crippen LogP contribution in [0.5, 0.6) is 0 Å². The van der Waals surface area contributed by atoms with Crippen LogP contribution in [-0.4, -0.2) is 22.8 Å². The molecule has 0 radical (unpaired) electrons. The topological polar surface area (TPSA) is 33.2 Å². The van der Waals surface area contributed by atoms with Crippen molar-refractivity contribution in [2.24, 2.45) is 0 Å². The van der Waals surface area contributed by atoms with Crippen molar-refractivity contribution >= 4 is 5.91 Å². The third kappa shape index (κ3) is 3.13. The molecule has 0 aliphatic heterocycles. The summed E-state index contributed by atoms with van der Waals surface area (Å²) in [6.07, 6.45) is 3.03. The number of benzene rings is 1. The number of nitrogens with zero attached hydrogens (tertiary/aromatic N) is 2. The van der Waals surface area contributed by atoms with Gasteiger partial charge in [0.05, 0.1) is 0 Å². The van der Waals surface area contributed by atoms with Gasteiger partial charge in [-0.2, -0.15) is 0 Å². The molecule has 0 fully saturated rings. The second-order valence-corrected chi connectivity index (χ2v) is 4.13. The van der Waals surface area contributed by atoms with Gasteiger partial charge in [-0.3, -0.25) is 9.78 Å². The summed E-state index contributed by atoms with van der Waals surface area (Å²) < 4.78 is 26.3. The average molecular weight is 262 g/mol. The Morgan fingerprint density at radius 2 is 1.89 bits per heavy atom. The summed E-state index contributed by atoms with van der Waals surface area (Å²) in [6, 6.07) is 6.48. The standard InChI is InChI=1S/C14H12F2N2O/c1-18(14(19)10-4-6-17-7-5-10)9-11-2-3-12(15)8-13(11)16/h2-8H,9H2,1H3. The molecule has 98 valence electrons.